The van der Waals surface area contributed by atoms with E-state index in [4.69, 9.17) is 4.74 Å². The summed E-state index contributed by atoms with van der Waals surface area (Å²) in [7, 11) is 0. The van der Waals surface area contributed by atoms with E-state index in [1.807, 2.05) is 50.4 Å². The molecule has 0 fully saturated rings. The zero-order chi connectivity index (χ0) is 20.7. The van der Waals surface area contributed by atoms with E-state index in [0.717, 1.165) is 21.7 Å². The Bertz CT molecular complexity index is 841. The van der Waals surface area contributed by atoms with Gasteiger partial charge in [-0.25, -0.2) is 0 Å². The molecule has 0 saturated heterocycles. The van der Waals surface area contributed by atoms with Gasteiger partial charge in [0.25, 0.3) is 5.91 Å². The van der Waals surface area contributed by atoms with Crippen LogP contribution in [0, 0.1) is 13.8 Å². The van der Waals surface area contributed by atoms with Gasteiger partial charge in [0, 0.05) is 22.6 Å². The number of carbonyl (C=O) groups is 3. The first kappa shape index (κ1) is 21.7. The standard InChI is InChI=1S/C22H25NO4S/c1-14-6-5-7-15(2)21(14)23-22(26)16(3)27-20(25)13-12-19(24)17-8-10-18(28-4)11-9-17/h5-11,16H,12-13H2,1-4H3,(H,23,26)/t16-/m1/s1. The summed E-state index contributed by atoms with van der Waals surface area (Å²) in [5.74, 6) is -1.10. The highest BCUT2D eigenvalue weighted by Gasteiger charge is 2.20. The van der Waals surface area contributed by atoms with Crippen molar-refractivity contribution in [1.82, 2.24) is 0 Å². The molecule has 0 radical (unpaired) electrons. The second kappa shape index (κ2) is 10.1. The zero-order valence-corrected chi connectivity index (χ0v) is 17.4. The molecule has 0 unspecified atom stereocenters. The van der Waals surface area contributed by atoms with E-state index in [9.17, 15) is 14.4 Å². The maximum absolute atomic E-state index is 12.3. The van der Waals surface area contributed by atoms with Crippen molar-refractivity contribution in [3.63, 3.8) is 0 Å². The van der Waals surface area contributed by atoms with Crippen LogP contribution in [0.5, 0.6) is 0 Å². The lowest BCUT2D eigenvalue weighted by Gasteiger charge is -2.16. The molecular formula is C22H25NO4S. The summed E-state index contributed by atoms with van der Waals surface area (Å²) < 4.78 is 5.18. The van der Waals surface area contributed by atoms with E-state index in [-0.39, 0.29) is 18.6 Å². The molecule has 2 aromatic rings. The fourth-order valence-electron chi connectivity index (χ4n) is 2.68. The maximum atomic E-state index is 12.3. The summed E-state index contributed by atoms with van der Waals surface area (Å²) in [5, 5.41) is 2.80. The van der Waals surface area contributed by atoms with Gasteiger partial charge in [0.1, 0.15) is 0 Å². The monoisotopic (exact) mass is 399 g/mol. The van der Waals surface area contributed by atoms with Crippen LogP contribution in [-0.4, -0.2) is 30.0 Å². The van der Waals surface area contributed by atoms with Gasteiger partial charge in [-0.2, -0.15) is 0 Å². The highest BCUT2D eigenvalue weighted by atomic mass is 32.2. The first-order valence-corrected chi connectivity index (χ1v) is 10.3. The van der Waals surface area contributed by atoms with Gasteiger partial charge >= 0.3 is 5.97 Å². The fraction of sp³-hybridized carbons (Fsp3) is 0.318. The highest BCUT2D eigenvalue weighted by Crippen LogP contribution is 2.20. The smallest absolute Gasteiger partial charge is 0.307 e. The van der Waals surface area contributed by atoms with Gasteiger partial charge in [0.05, 0.1) is 6.42 Å². The number of nitrogens with one attached hydrogen (secondary N) is 1. The number of rotatable bonds is 8. The first-order valence-electron chi connectivity index (χ1n) is 9.05. The molecule has 28 heavy (non-hydrogen) atoms. The molecule has 6 heteroatoms. The number of Topliss-reactive ketones (excluding diaryl/α,β-unsaturated/α-hetero) is 1. The lowest BCUT2D eigenvalue weighted by atomic mass is 10.1. The topological polar surface area (TPSA) is 72.5 Å². The molecule has 0 aliphatic carbocycles. The minimum Gasteiger partial charge on any atom is -0.453 e. The number of hydrogen-bond acceptors (Lipinski definition) is 5. The number of ether oxygens (including phenoxy) is 1. The van der Waals surface area contributed by atoms with Crippen LogP contribution in [0.4, 0.5) is 5.69 Å². The summed E-state index contributed by atoms with van der Waals surface area (Å²) in [6.07, 6.45) is 1.000. The summed E-state index contributed by atoms with van der Waals surface area (Å²) in [6.45, 7) is 5.32. The maximum Gasteiger partial charge on any atom is 0.307 e. The summed E-state index contributed by atoms with van der Waals surface area (Å²) in [5.41, 5.74) is 3.15. The van der Waals surface area contributed by atoms with Gasteiger partial charge in [0.15, 0.2) is 11.9 Å². The number of ketones is 1. The van der Waals surface area contributed by atoms with Crippen molar-refractivity contribution in [2.45, 2.75) is 44.6 Å². The largest absolute Gasteiger partial charge is 0.453 e. The van der Waals surface area contributed by atoms with Crippen LogP contribution in [0.2, 0.25) is 0 Å². The van der Waals surface area contributed by atoms with Crippen LogP contribution in [0.15, 0.2) is 47.4 Å². The molecule has 2 rings (SSSR count). The van der Waals surface area contributed by atoms with Crippen LogP contribution in [0.1, 0.15) is 41.3 Å². The third-order valence-corrected chi connectivity index (χ3v) is 5.12. The van der Waals surface area contributed by atoms with Crippen molar-refractivity contribution in [2.75, 3.05) is 11.6 Å². The molecule has 148 valence electrons. The molecule has 1 N–H and O–H groups in total. The quantitative estimate of drug-likeness (QED) is 0.400. The normalized spacial score (nSPS) is 11.6. The van der Waals surface area contributed by atoms with Crippen molar-refractivity contribution in [3.05, 3.63) is 59.2 Å². The van der Waals surface area contributed by atoms with Crippen LogP contribution < -0.4 is 5.32 Å². The van der Waals surface area contributed by atoms with Crippen LogP contribution in [0.3, 0.4) is 0 Å². The molecule has 0 aliphatic heterocycles. The number of hydrogen-bond donors (Lipinski definition) is 1. The Morgan fingerprint density at radius 2 is 1.61 bits per heavy atom. The Labute approximate surface area is 169 Å². The second-order valence-electron chi connectivity index (χ2n) is 6.54. The highest BCUT2D eigenvalue weighted by molar-refractivity contribution is 7.98. The third-order valence-electron chi connectivity index (χ3n) is 4.37. The van der Waals surface area contributed by atoms with E-state index < -0.39 is 18.0 Å². The lowest BCUT2D eigenvalue weighted by Crippen LogP contribution is -2.30. The molecule has 0 aromatic heterocycles. The average molecular weight is 400 g/mol. The number of benzene rings is 2. The molecular weight excluding hydrogens is 374 g/mol. The van der Waals surface area contributed by atoms with Crippen LogP contribution in [-0.2, 0) is 14.3 Å². The molecule has 1 amide bonds. The molecule has 0 saturated carbocycles. The lowest BCUT2D eigenvalue weighted by molar-refractivity contribution is -0.153. The van der Waals surface area contributed by atoms with Crippen molar-refractivity contribution in [1.29, 1.82) is 0 Å². The predicted molar refractivity (Wildman–Crippen MR) is 112 cm³/mol. The van der Waals surface area contributed by atoms with Gasteiger partial charge in [-0.05, 0) is 50.3 Å². The van der Waals surface area contributed by atoms with Crippen molar-refractivity contribution in [3.8, 4) is 0 Å². The Morgan fingerprint density at radius 3 is 2.18 bits per heavy atom. The minimum atomic E-state index is -0.942. The van der Waals surface area contributed by atoms with Gasteiger partial charge in [-0.3, -0.25) is 14.4 Å². The first-order chi connectivity index (χ1) is 13.3. The number of amides is 1. The molecule has 0 bridgehead atoms. The Kier molecular flexibility index (Phi) is 7.81. The second-order valence-corrected chi connectivity index (χ2v) is 7.42. The van der Waals surface area contributed by atoms with E-state index in [0.29, 0.717) is 5.56 Å². The Hall–Kier alpha value is -2.60. The number of carbonyl (C=O) groups excluding carboxylic acids is 3. The number of anilines is 1. The molecule has 1 atom stereocenters. The number of esters is 1. The summed E-state index contributed by atoms with van der Waals surface area (Å²) in [6, 6.07) is 13.0. The zero-order valence-electron chi connectivity index (χ0n) is 16.6. The number of thioether (sulfide) groups is 1. The van der Waals surface area contributed by atoms with Crippen molar-refractivity contribution >= 4 is 35.1 Å². The Balaban J connectivity index is 1.84. The molecule has 2 aromatic carbocycles. The number of aryl methyl sites for hydroxylation is 2. The van der Waals surface area contributed by atoms with E-state index in [1.165, 1.54) is 6.92 Å². The predicted octanol–water partition coefficient (Wildman–Crippen LogP) is 4.56. The van der Waals surface area contributed by atoms with Gasteiger partial charge in [-0.1, -0.05) is 30.3 Å². The van der Waals surface area contributed by atoms with Gasteiger partial charge < -0.3 is 10.1 Å². The van der Waals surface area contributed by atoms with Crippen LogP contribution in [0.25, 0.3) is 0 Å². The van der Waals surface area contributed by atoms with E-state index >= 15 is 0 Å². The summed E-state index contributed by atoms with van der Waals surface area (Å²) >= 11 is 1.60. The Morgan fingerprint density at radius 1 is 1.00 bits per heavy atom. The average Bonchev–Trinajstić information content (AvgIpc) is 2.68. The number of para-hydroxylation sites is 1. The molecule has 5 nitrogen and oxygen atoms in total. The van der Waals surface area contributed by atoms with E-state index in [2.05, 4.69) is 5.32 Å². The van der Waals surface area contributed by atoms with Crippen LogP contribution >= 0.6 is 11.8 Å². The third kappa shape index (κ3) is 5.96. The molecule has 0 aliphatic rings. The van der Waals surface area contributed by atoms with Crippen molar-refractivity contribution in [2.24, 2.45) is 0 Å². The van der Waals surface area contributed by atoms with E-state index in [1.54, 1.807) is 23.9 Å². The van der Waals surface area contributed by atoms with Crippen molar-refractivity contribution < 1.29 is 19.1 Å². The summed E-state index contributed by atoms with van der Waals surface area (Å²) in [4.78, 5) is 37.6. The minimum absolute atomic E-state index is 0.0443. The van der Waals surface area contributed by atoms with Gasteiger partial charge in [-0.15, -0.1) is 11.8 Å². The SMILES string of the molecule is CSc1ccc(C(=O)CCC(=O)O[C@H](C)C(=O)Nc2c(C)cccc2C)cc1. The molecule has 0 heterocycles. The van der Waals surface area contributed by atoms with Gasteiger partial charge in [0.2, 0.25) is 0 Å². The fourth-order valence-corrected chi connectivity index (χ4v) is 3.09. The molecule has 0 spiro atoms.